The van der Waals surface area contributed by atoms with E-state index in [1.54, 1.807) is 6.20 Å². The number of nitrogens with two attached hydrogens (primary N) is 1. The first-order valence-electron chi connectivity index (χ1n) is 7.47. The van der Waals surface area contributed by atoms with Gasteiger partial charge < -0.3 is 20.7 Å². The predicted octanol–water partition coefficient (Wildman–Crippen LogP) is 1.41. The number of hydrogen-bond acceptors (Lipinski definition) is 5. The maximum Gasteiger partial charge on any atom is 0.174 e. The lowest BCUT2D eigenvalue weighted by molar-refractivity contribution is 0.318. The SMILES string of the molecule is CCC1CN(C)CCCN1c1nccc(C)c1/C(N)=N/O. The van der Waals surface area contributed by atoms with Gasteiger partial charge in [-0.15, -0.1) is 0 Å². The Kier molecular flexibility index (Phi) is 5.01. The maximum atomic E-state index is 9.06. The van der Waals surface area contributed by atoms with Crippen LogP contribution in [0.2, 0.25) is 0 Å². The van der Waals surface area contributed by atoms with Crippen LogP contribution in [0.4, 0.5) is 5.82 Å². The van der Waals surface area contributed by atoms with Gasteiger partial charge in [-0.25, -0.2) is 4.98 Å². The molecule has 1 unspecified atom stereocenters. The Morgan fingerprint density at radius 3 is 2.95 bits per heavy atom. The Morgan fingerprint density at radius 1 is 1.52 bits per heavy atom. The smallest absolute Gasteiger partial charge is 0.174 e. The average Bonchev–Trinajstić information content (AvgIpc) is 2.67. The summed E-state index contributed by atoms with van der Waals surface area (Å²) in [5.74, 6) is 0.954. The fraction of sp³-hybridized carbons (Fsp3) is 0.600. The van der Waals surface area contributed by atoms with Gasteiger partial charge >= 0.3 is 0 Å². The molecule has 1 fully saturated rings. The summed E-state index contributed by atoms with van der Waals surface area (Å²) in [6, 6.07) is 2.28. The number of likely N-dealkylation sites (N-methyl/N-ethyl adjacent to an activating group) is 1. The predicted molar refractivity (Wildman–Crippen MR) is 85.0 cm³/mol. The third-order valence-electron chi connectivity index (χ3n) is 4.15. The molecule has 0 aromatic carbocycles. The van der Waals surface area contributed by atoms with Gasteiger partial charge in [0.1, 0.15) is 5.82 Å². The zero-order chi connectivity index (χ0) is 15.4. The highest BCUT2D eigenvalue weighted by Crippen LogP contribution is 2.25. The van der Waals surface area contributed by atoms with E-state index < -0.39 is 0 Å². The Morgan fingerprint density at radius 2 is 2.29 bits per heavy atom. The van der Waals surface area contributed by atoms with E-state index in [-0.39, 0.29) is 5.84 Å². The van der Waals surface area contributed by atoms with Crippen molar-refractivity contribution < 1.29 is 5.21 Å². The molecule has 1 aromatic rings. The van der Waals surface area contributed by atoms with Crippen LogP contribution in [-0.2, 0) is 0 Å². The molecule has 1 saturated heterocycles. The van der Waals surface area contributed by atoms with Crippen molar-refractivity contribution in [1.29, 1.82) is 0 Å². The molecule has 2 heterocycles. The largest absolute Gasteiger partial charge is 0.409 e. The van der Waals surface area contributed by atoms with Gasteiger partial charge in [0.25, 0.3) is 0 Å². The number of oxime groups is 1. The zero-order valence-electron chi connectivity index (χ0n) is 13.1. The summed E-state index contributed by atoms with van der Waals surface area (Å²) in [5, 5.41) is 12.2. The van der Waals surface area contributed by atoms with Crippen LogP contribution in [0.3, 0.4) is 0 Å². The van der Waals surface area contributed by atoms with Crippen molar-refractivity contribution in [3.8, 4) is 0 Å². The van der Waals surface area contributed by atoms with Crippen LogP contribution in [0, 0.1) is 6.92 Å². The van der Waals surface area contributed by atoms with Gasteiger partial charge in [-0.3, -0.25) is 0 Å². The van der Waals surface area contributed by atoms with Crippen LogP contribution >= 0.6 is 0 Å². The standard InChI is InChI=1S/C15H25N5O/c1-4-12-10-19(3)8-5-9-20(12)15-13(14(16)18-21)11(2)6-7-17-15/h6-7,12,21H,4-5,8-10H2,1-3H3,(H2,16,18). The van der Waals surface area contributed by atoms with Gasteiger partial charge in [-0.2, -0.15) is 0 Å². The Bertz CT molecular complexity index is 517. The molecule has 1 aromatic heterocycles. The first-order valence-corrected chi connectivity index (χ1v) is 7.47. The van der Waals surface area contributed by atoms with Crippen molar-refractivity contribution in [2.24, 2.45) is 10.9 Å². The third-order valence-corrected chi connectivity index (χ3v) is 4.15. The lowest BCUT2D eigenvalue weighted by Crippen LogP contribution is -2.41. The summed E-state index contributed by atoms with van der Waals surface area (Å²) < 4.78 is 0. The van der Waals surface area contributed by atoms with E-state index >= 15 is 0 Å². The molecule has 21 heavy (non-hydrogen) atoms. The lowest BCUT2D eigenvalue weighted by atomic mass is 10.1. The van der Waals surface area contributed by atoms with Gasteiger partial charge in [-0.05, 0) is 45.0 Å². The lowest BCUT2D eigenvalue weighted by Gasteiger charge is -2.32. The monoisotopic (exact) mass is 291 g/mol. The number of aryl methyl sites for hydroxylation is 1. The number of anilines is 1. The van der Waals surface area contributed by atoms with E-state index in [1.807, 2.05) is 13.0 Å². The number of amidine groups is 1. The summed E-state index contributed by atoms with van der Waals surface area (Å²) in [6.45, 7) is 7.17. The minimum Gasteiger partial charge on any atom is -0.409 e. The molecule has 0 radical (unpaired) electrons. The summed E-state index contributed by atoms with van der Waals surface area (Å²) >= 11 is 0. The van der Waals surface area contributed by atoms with Gasteiger partial charge in [0, 0.05) is 25.3 Å². The molecule has 3 N–H and O–H groups in total. The van der Waals surface area contributed by atoms with Crippen LogP contribution in [0.25, 0.3) is 0 Å². The highest BCUT2D eigenvalue weighted by molar-refractivity contribution is 6.02. The fourth-order valence-corrected chi connectivity index (χ4v) is 3.00. The second-order valence-corrected chi connectivity index (χ2v) is 5.68. The molecule has 0 spiro atoms. The first kappa shape index (κ1) is 15.6. The number of hydrogen-bond donors (Lipinski definition) is 2. The van der Waals surface area contributed by atoms with E-state index in [1.165, 1.54) is 0 Å². The highest BCUT2D eigenvalue weighted by Gasteiger charge is 2.26. The third kappa shape index (κ3) is 3.26. The molecule has 0 bridgehead atoms. The van der Waals surface area contributed by atoms with Crippen molar-refractivity contribution in [3.05, 3.63) is 23.4 Å². The second kappa shape index (κ2) is 6.76. The molecule has 116 valence electrons. The molecule has 1 atom stereocenters. The van der Waals surface area contributed by atoms with Crippen molar-refractivity contribution in [3.63, 3.8) is 0 Å². The minimum atomic E-state index is 0.128. The molecule has 6 nitrogen and oxygen atoms in total. The van der Waals surface area contributed by atoms with E-state index in [0.29, 0.717) is 6.04 Å². The topological polar surface area (TPSA) is 78.0 Å². The van der Waals surface area contributed by atoms with Crippen LogP contribution in [0.5, 0.6) is 0 Å². The molecule has 1 aliphatic rings. The molecule has 0 aliphatic carbocycles. The zero-order valence-corrected chi connectivity index (χ0v) is 13.1. The number of nitrogens with zero attached hydrogens (tertiary/aromatic N) is 4. The van der Waals surface area contributed by atoms with Crippen LogP contribution in [-0.4, -0.2) is 53.7 Å². The van der Waals surface area contributed by atoms with Crippen LogP contribution in [0.15, 0.2) is 17.4 Å². The quantitative estimate of drug-likeness (QED) is 0.381. The maximum absolute atomic E-state index is 9.06. The number of aromatic nitrogens is 1. The summed E-state index contributed by atoms with van der Waals surface area (Å²) in [5.41, 5.74) is 7.59. The molecular formula is C15H25N5O. The molecule has 2 rings (SSSR count). The van der Waals surface area contributed by atoms with Crippen molar-refractivity contribution in [2.45, 2.75) is 32.7 Å². The molecule has 0 amide bonds. The van der Waals surface area contributed by atoms with Gasteiger partial charge in [0.15, 0.2) is 5.84 Å². The van der Waals surface area contributed by atoms with Gasteiger partial charge in [0.2, 0.25) is 0 Å². The van der Waals surface area contributed by atoms with E-state index in [2.05, 4.69) is 33.9 Å². The highest BCUT2D eigenvalue weighted by atomic mass is 16.4. The Hall–Kier alpha value is -1.82. The molecule has 6 heteroatoms. The summed E-state index contributed by atoms with van der Waals surface area (Å²) in [6.07, 6.45) is 3.91. The molecule has 0 saturated carbocycles. The Balaban J connectivity index is 2.46. The van der Waals surface area contributed by atoms with Crippen molar-refractivity contribution >= 4 is 11.7 Å². The van der Waals surface area contributed by atoms with E-state index in [4.69, 9.17) is 10.9 Å². The normalized spacial score (nSPS) is 21.4. The number of rotatable bonds is 3. The van der Waals surface area contributed by atoms with Crippen LogP contribution in [0.1, 0.15) is 30.9 Å². The van der Waals surface area contributed by atoms with E-state index in [0.717, 1.165) is 49.4 Å². The minimum absolute atomic E-state index is 0.128. The average molecular weight is 291 g/mol. The molecule has 1 aliphatic heterocycles. The Labute approximate surface area is 126 Å². The van der Waals surface area contributed by atoms with Gasteiger partial charge in [-0.1, -0.05) is 12.1 Å². The van der Waals surface area contributed by atoms with Gasteiger partial charge in [0.05, 0.1) is 5.56 Å². The van der Waals surface area contributed by atoms with Crippen LogP contribution < -0.4 is 10.6 Å². The summed E-state index contributed by atoms with van der Waals surface area (Å²) in [7, 11) is 2.15. The molecular weight excluding hydrogens is 266 g/mol. The summed E-state index contributed by atoms with van der Waals surface area (Å²) in [4.78, 5) is 9.20. The second-order valence-electron chi connectivity index (χ2n) is 5.68. The van der Waals surface area contributed by atoms with Crippen molar-refractivity contribution in [1.82, 2.24) is 9.88 Å². The first-order chi connectivity index (χ1) is 10.1. The number of pyridine rings is 1. The fourth-order valence-electron chi connectivity index (χ4n) is 3.00. The van der Waals surface area contributed by atoms with Crippen molar-refractivity contribution in [2.75, 3.05) is 31.6 Å². The van der Waals surface area contributed by atoms with E-state index in [9.17, 15) is 0 Å².